The minimum atomic E-state index is -0.517. The molecular formula is C16H24N2O3. The van der Waals surface area contributed by atoms with Crippen LogP contribution < -0.4 is 5.32 Å². The molecule has 21 heavy (non-hydrogen) atoms. The maximum absolute atomic E-state index is 11.9. The predicted molar refractivity (Wildman–Crippen MR) is 82.4 cm³/mol. The molecule has 116 valence electrons. The lowest BCUT2D eigenvalue weighted by molar-refractivity contribution is 0.0299. The highest BCUT2D eigenvalue weighted by Crippen LogP contribution is 2.08. The zero-order chi connectivity index (χ0) is 16.0. The molecule has 1 rings (SSSR count). The minimum absolute atomic E-state index is 0.146. The van der Waals surface area contributed by atoms with Gasteiger partial charge in [0.15, 0.2) is 0 Å². The van der Waals surface area contributed by atoms with E-state index in [2.05, 4.69) is 5.32 Å². The molecule has 1 N–H and O–H groups in total. The van der Waals surface area contributed by atoms with Crippen molar-refractivity contribution in [3.05, 3.63) is 35.4 Å². The molecule has 0 aliphatic rings. The average molecular weight is 292 g/mol. The Morgan fingerprint density at radius 2 is 1.76 bits per heavy atom. The molecule has 1 aromatic carbocycles. The summed E-state index contributed by atoms with van der Waals surface area (Å²) >= 11 is 0. The summed E-state index contributed by atoms with van der Waals surface area (Å²) in [7, 11) is 1.64. The first-order chi connectivity index (χ1) is 9.69. The zero-order valence-corrected chi connectivity index (χ0v) is 13.4. The van der Waals surface area contributed by atoms with Crippen LogP contribution in [0.5, 0.6) is 0 Å². The van der Waals surface area contributed by atoms with E-state index in [9.17, 15) is 9.59 Å². The maximum atomic E-state index is 11.9. The van der Waals surface area contributed by atoms with Crippen molar-refractivity contribution in [3.8, 4) is 0 Å². The third-order valence-corrected chi connectivity index (χ3v) is 2.75. The highest BCUT2D eigenvalue weighted by Gasteiger charge is 2.19. The first-order valence-corrected chi connectivity index (χ1v) is 6.98. The number of carbonyl (C=O) groups excluding carboxylic acids is 2. The summed E-state index contributed by atoms with van der Waals surface area (Å²) in [5.41, 5.74) is 1.20. The highest BCUT2D eigenvalue weighted by atomic mass is 16.6. The number of benzene rings is 1. The standard InChI is InChI=1S/C16H24N2O3/c1-12-6-8-13(9-7-12)14(19)17-10-11-18(5)15(20)21-16(2,3)4/h6-9H,10-11H2,1-5H3,(H,17,19). The van der Waals surface area contributed by atoms with Crippen molar-refractivity contribution in [2.75, 3.05) is 20.1 Å². The molecule has 0 spiro atoms. The fraction of sp³-hybridized carbons (Fsp3) is 0.500. The Kier molecular flexibility index (Phi) is 5.76. The number of nitrogens with zero attached hydrogens (tertiary/aromatic N) is 1. The fourth-order valence-electron chi connectivity index (χ4n) is 1.58. The van der Waals surface area contributed by atoms with E-state index in [1.165, 1.54) is 4.90 Å². The van der Waals surface area contributed by atoms with Crippen LogP contribution in [0.1, 0.15) is 36.7 Å². The van der Waals surface area contributed by atoms with Crippen molar-refractivity contribution in [2.45, 2.75) is 33.3 Å². The molecule has 0 saturated carbocycles. The Morgan fingerprint density at radius 3 is 2.29 bits per heavy atom. The quantitative estimate of drug-likeness (QED) is 0.928. The van der Waals surface area contributed by atoms with Crippen LogP contribution in [0.15, 0.2) is 24.3 Å². The third-order valence-electron chi connectivity index (χ3n) is 2.75. The van der Waals surface area contributed by atoms with E-state index in [1.807, 2.05) is 39.8 Å². The van der Waals surface area contributed by atoms with Crippen LogP contribution in [0.4, 0.5) is 4.79 Å². The van der Waals surface area contributed by atoms with Gasteiger partial charge in [0.2, 0.25) is 0 Å². The Hall–Kier alpha value is -2.04. The van der Waals surface area contributed by atoms with E-state index in [0.717, 1.165) is 5.56 Å². The summed E-state index contributed by atoms with van der Waals surface area (Å²) in [6.45, 7) is 8.19. The first kappa shape index (κ1) is 17.0. The molecule has 0 unspecified atom stereocenters. The second kappa shape index (κ2) is 7.11. The van der Waals surface area contributed by atoms with E-state index in [-0.39, 0.29) is 5.91 Å². The van der Waals surface area contributed by atoms with Gasteiger partial charge in [-0.15, -0.1) is 0 Å². The molecule has 5 nitrogen and oxygen atoms in total. The van der Waals surface area contributed by atoms with E-state index >= 15 is 0 Å². The van der Waals surface area contributed by atoms with Crippen LogP contribution in [-0.2, 0) is 4.74 Å². The van der Waals surface area contributed by atoms with Crippen LogP contribution in [0.2, 0.25) is 0 Å². The minimum Gasteiger partial charge on any atom is -0.444 e. The number of hydrogen-bond donors (Lipinski definition) is 1. The molecule has 0 saturated heterocycles. The van der Waals surface area contributed by atoms with Crippen LogP contribution in [0.25, 0.3) is 0 Å². The van der Waals surface area contributed by atoms with Gasteiger partial charge in [-0.1, -0.05) is 17.7 Å². The molecule has 5 heteroatoms. The van der Waals surface area contributed by atoms with Crippen molar-refractivity contribution in [1.82, 2.24) is 10.2 Å². The fourth-order valence-corrected chi connectivity index (χ4v) is 1.58. The number of hydrogen-bond acceptors (Lipinski definition) is 3. The van der Waals surface area contributed by atoms with E-state index in [0.29, 0.717) is 18.7 Å². The SMILES string of the molecule is Cc1ccc(C(=O)NCCN(C)C(=O)OC(C)(C)C)cc1. The molecule has 1 aromatic rings. The molecular weight excluding hydrogens is 268 g/mol. The van der Waals surface area contributed by atoms with Gasteiger partial charge in [-0.25, -0.2) is 4.79 Å². The molecule has 0 radical (unpaired) electrons. The average Bonchev–Trinajstić information content (AvgIpc) is 2.37. The Balaban J connectivity index is 2.37. The molecule has 0 atom stereocenters. The molecule has 0 fully saturated rings. The van der Waals surface area contributed by atoms with Crippen LogP contribution in [0, 0.1) is 6.92 Å². The van der Waals surface area contributed by atoms with Crippen molar-refractivity contribution < 1.29 is 14.3 Å². The molecule has 2 amide bonds. The lowest BCUT2D eigenvalue weighted by Crippen LogP contribution is -2.39. The van der Waals surface area contributed by atoms with Gasteiger partial charge in [0.25, 0.3) is 5.91 Å². The lowest BCUT2D eigenvalue weighted by atomic mass is 10.1. The van der Waals surface area contributed by atoms with Crippen molar-refractivity contribution in [1.29, 1.82) is 0 Å². The summed E-state index contributed by atoms with van der Waals surface area (Å²) in [5.74, 6) is -0.146. The van der Waals surface area contributed by atoms with Gasteiger partial charge in [-0.3, -0.25) is 4.79 Å². The summed E-state index contributed by atoms with van der Waals surface area (Å²) in [5, 5.41) is 2.78. The summed E-state index contributed by atoms with van der Waals surface area (Å²) in [4.78, 5) is 25.1. The Morgan fingerprint density at radius 1 is 1.19 bits per heavy atom. The topological polar surface area (TPSA) is 58.6 Å². The zero-order valence-electron chi connectivity index (χ0n) is 13.4. The van der Waals surface area contributed by atoms with Gasteiger partial charge >= 0.3 is 6.09 Å². The highest BCUT2D eigenvalue weighted by molar-refractivity contribution is 5.94. The van der Waals surface area contributed by atoms with E-state index in [1.54, 1.807) is 19.2 Å². The number of nitrogens with one attached hydrogen (secondary N) is 1. The van der Waals surface area contributed by atoms with Crippen molar-refractivity contribution >= 4 is 12.0 Å². The Bertz CT molecular complexity index is 489. The van der Waals surface area contributed by atoms with Gasteiger partial charge < -0.3 is 15.0 Å². The molecule has 0 heterocycles. The van der Waals surface area contributed by atoms with Crippen LogP contribution >= 0.6 is 0 Å². The summed E-state index contributed by atoms with van der Waals surface area (Å²) in [6.07, 6.45) is -0.396. The number of aryl methyl sites for hydroxylation is 1. The maximum Gasteiger partial charge on any atom is 0.410 e. The predicted octanol–water partition coefficient (Wildman–Crippen LogP) is 2.59. The van der Waals surface area contributed by atoms with Gasteiger partial charge in [0.05, 0.1) is 0 Å². The molecule has 0 bridgehead atoms. The number of amides is 2. The Labute approximate surface area is 126 Å². The van der Waals surface area contributed by atoms with E-state index < -0.39 is 11.7 Å². The van der Waals surface area contributed by atoms with Crippen molar-refractivity contribution in [2.24, 2.45) is 0 Å². The monoisotopic (exact) mass is 292 g/mol. The van der Waals surface area contributed by atoms with Gasteiger partial charge in [0.1, 0.15) is 5.60 Å². The second-order valence-corrected chi connectivity index (χ2v) is 6.02. The summed E-state index contributed by atoms with van der Waals surface area (Å²) in [6, 6.07) is 7.34. The van der Waals surface area contributed by atoms with Crippen molar-refractivity contribution in [3.63, 3.8) is 0 Å². The second-order valence-electron chi connectivity index (χ2n) is 6.02. The smallest absolute Gasteiger partial charge is 0.410 e. The van der Waals surface area contributed by atoms with E-state index in [4.69, 9.17) is 4.74 Å². The summed E-state index contributed by atoms with van der Waals surface area (Å²) < 4.78 is 5.23. The molecule has 0 aliphatic carbocycles. The van der Waals surface area contributed by atoms with Gasteiger partial charge in [-0.2, -0.15) is 0 Å². The number of rotatable bonds is 4. The largest absolute Gasteiger partial charge is 0.444 e. The van der Waals surface area contributed by atoms with Gasteiger partial charge in [-0.05, 0) is 39.8 Å². The van der Waals surface area contributed by atoms with Crippen LogP contribution in [-0.4, -0.2) is 42.6 Å². The van der Waals surface area contributed by atoms with Crippen LogP contribution in [0.3, 0.4) is 0 Å². The lowest BCUT2D eigenvalue weighted by Gasteiger charge is -2.24. The number of likely N-dealkylation sites (N-methyl/N-ethyl adjacent to an activating group) is 1. The third kappa shape index (κ3) is 6.29. The molecule has 0 aromatic heterocycles. The van der Waals surface area contributed by atoms with Gasteiger partial charge in [0, 0.05) is 25.7 Å². The molecule has 0 aliphatic heterocycles. The number of ether oxygens (including phenoxy) is 1. The number of carbonyl (C=O) groups is 2. The first-order valence-electron chi connectivity index (χ1n) is 6.98. The normalized spacial score (nSPS) is 10.9.